The minimum atomic E-state index is 0.523. The summed E-state index contributed by atoms with van der Waals surface area (Å²) in [6.07, 6.45) is 3.84. The predicted molar refractivity (Wildman–Crippen MR) is 108 cm³/mol. The molecule has 0 aliphatic heterocycles. The number of aryl methyl sites for hydroxylation is 1. The van der Waals surface area contributed by atoms with Crippen molar-refractivity contribution < 1.29 is 4.74 Å². The molecule has 0 bridgehead atoms. The van der Waals surface area contributed by atoms with Crippen LogP contribution in [0.15, 0.2) is 42.5 Å². The van der Waals surface area contributed by atoms with E-state index in [1.165, 1.54) is 0 Å². The largest absolute Gasteiger partial charge is 0.476 e. The van der Waals surface area contributed by atoms with Crippen molar-refractivity contribution in [3.63, 3.8) is 0 Å². The van der Waals surface area contributed by atoms with Crippen LogP contribution in [0.3, 0.4) is 0 Å². The summed E-state index contributed by atoms with van der Waals surface area (Å²) in [6, 6.07) is 13.7. The van der Waals surface area contributed by atoms with Gasteiger partial charge in [0.2, 0.25) is 5.88 Å². The number of ether oxygens (including phenoxy) is 1. The second kappa shape index (κ2) is 8.95. The van der Waals surface area contributed by atoms with Gasteiger partial charge < -0.3 is 15.0 Å². The number of nitrogens with one attached hydrogen (secondary N) is 2. The fourth-order valence-electron chi connectivity index (χ4n) is 2.34. The number of aromatic nitrogens is 4. The third-order valence-corrected chi connectivity index (χ3v) is 3.69. The Morgan fingerprint density at radius 1 is 1.07 bits per heavy atom. The Bertz CT molecular complexity index is 888. The Morgan fingerprint density at radius 3 is 2.59 bits per heavy atom. The van der Waals surface area contributed by atoms with Gasteiger partial charge in [0.1, 0.15) is 12.4 Å². The van der Waals surface area contributed by atoms with Crippen molar-refractivity contribution >= 4 is 23.8 Å². The smallest absolute Gasteiger partial charge is 0.219 e. The third kappa shape index (κ3) is 5.93. The number of H-pyrrole nitrogens is 1. The van der Waals surface area contributed by atoms with Gasteiger partial charge >= 0.3 is 0 Å². The van der Waals surface area contributed by atoms with Gasteiger partial charge in [0.05, 0.1) is 0 Å². The van der Waals surface area contributed by atoms with Crippen molar-refractivity contribution in [2.75, 3.05) is 32.6 Å². The molecule has 0 radical (unpaired) electrons. The maximum Gasteiger partial charge on any atom is 0.219 e. The molecule has 2 heterocycles. The molecule has 7 heteroatoms. The zero-order chi connectivity index (χ0) is 19.1. The summed E-state index contributed by atoms with van der Waals surface area (Å²) in [4.78, 5) is 11.1. The first-order valence-corrected chi connectivity index (χ1v) is 8.77. The maximum atomic E-state index is 5.80. The maximum absolute atomic E-state index is 5.80. The Hall–Kier alpha value is -3.19. The lowest BCUT2D eigenvalue weighted by atomic mass is 10.2. The molecule has 0 spiro atoms. The van der Waals surface area contributed by atoms with Crippen LogP contribution in [0.1, 0.15) is 17.1 Å². The number of nitrogens with zero attached hydrogens (tertiary/aromatic N) is 4. The number of hydrogen-bond acceptors (Lipinski definition) is 6. The molecule has 0 saturated carbocycles. The fraction of sp³-hybridized carbons (Fsp3) is 0.250. The highest BCUT2D eigenvalue weighted by Gasteiger charge is 2.07. The summed E-state index contributed by atoms with van der Waals surface area (Å²) in [5.74, 6) is 2.41. The molecule has 3 aromatic rings. The molecule has 0 aliphatic carbocycles. The summed E-state index contributed by atoms with van der Waals surface area (Å²) >= 11 is 0. The van der Waals surface area contributed by atoms with Gasteiger partial charge in [0.25, 0.3) is 0 Å². The summed E-state index contributed by atoms with van der Waals surface area (Å²) in [6.45, 7) is 3.30. The van der Waals surface area contributed by atoms with Crippen LogP contribution in [0.4, 0.5) is 11.6 Å². The van der Waals surface area contributed by atoms with Crippen LogP contribution < -0.4 is 10.1 Å². The van der Waals surface area contributed by atoms with Crippen LogP contribution in [0, 0.1) is 6.92 Å². The molecule has 0 atom stereocenters. The molecule has 0 fully saturated rings. The van der Waals surface area contributed by atoms with Crippen LogP contribution in [0.2, 0.25) is 0 Å². The predicted octanol–water partition coefficient (Wildman–Crippen LogP) is 3.36. The van der Waals surface area contributed by atoms with Crippen LogP contribution in [-0.4, -0.2) is 52.3 Å². The fourth-order valence-corrected chi connectivity index (χ4v) is 2.34. The quantitative estimate of drug-likeness (QED) is 0.638. The molecule has 2 aromatic heterocycles. The summed E-state index contributed by atoms with van der Waals surface area (Å²) in [7, 11) is 4.01. The minimum Gasteiger partial charge on any atom is -0.476 e. The molecular weight excluding hydrogens is 340 g/mol. The van der Waals surface area contributed by atoms with E-state index in [0.717, 1.165) is 17.8 Å². The molecule has 0 aliphatic rings. The molecule has 7 nitrogen and oxygen atoms in total. The lowest BCUT2D eigenvalue weighted by Gasteiger charge is -2.11. The van der Waals surface area contributed by atoms with Gasteiger partial charge in [-0.1, -0.05) is 36.4 Å². The molecule has 3 rings (SSSR count). The average molecular weight is 364 g/mol. The molecule has 140 valence electrons. The van der Waals surface area contributed by atoms with Crippen LogP contribution in [0.5, 0.6) is 5.88 Å². The van der Waals surface area contributed by atoms with Gasteiger partial charge in [0.15, 0.2) is 11.6 Å². The van der Waals surface area contributed by atoms with E-state index in [1.807, 2.05) is 69.6 Å². The highest BCUT2D eigenvalue weighted by atomic mass is 16.5. The van der Waals surface area contributed by atoms with Crippen molar-refractivity contribution in [2.45, 2.75) is 6.92 Å². The van der Waals surface area contributed by atoms with Crippen LogP contribution in [0.25, 0.3) is 12.2 Å². The molecule has 1 aromatic carbocycles. The van der Waals surface area contributed by atoms with Crippen molar-refractivity contribution in [3.05, 3.63) is 59.5 Å². The molecule has 27 heavy (non-hydrogen) atoms. The Morgan fingerprint density at radius 2 is 1.89 bits per heavy atom. The number of rotatable bonds is 8. The molecule has 2 N–H and O–H groups in total. The zero-order valence-corrected chi connectivity index (χ0v) is 15.8. The summed E-state index contributed by atoms with van der Waals surface area (Å²) < 4.78 is 5.80. The van der Waals surface area contributed by atoms with Crippen molar-refractivity contribution in [1.29, 1.82) is 0 Å². The van der Waals surface area contributed by atoms with E-state index in [9.17, 15) is 0 Å². The minimum absolute atomic E-state index is 0.523. The highest BCUT2D eigenvalue weighted by Crippen LogP contribution is 2.19. The lowest BCUT2D eigenvalue weighted by molar-refractivity contribution is 0.253. The van der Waals surface area contributed by atoms with E-state index in [4.69, 9.17) is 4.74 Å². The van der Waals surface area contributed by atoms with E-state index >= 15 is 0 Å². The zero-order valence-electron chi connectivity index (χ0n) is 15.8. The summed E-state index contributed by atoms with van der Waals surface area (Å²) in [5, 5.41) is 10.3. The molecule has 0 saturated heterocycles. The van der Waals surface area contributed by atoms with Gasteiger partial charge in [0, 0.05) is 24.4 Å². The number of benzene rings is 1. The van der Waals surface area contributed by atoms with Gasteiger partial charge in [-0.3, -0.25) is 5.10 Å². The van der Waals surface area contributed by atoms with E-state index in [-0.39, 0.29) is 0 Å². The van der Waals surface area contributed by atoms with E-state index < -0.39 is 0 Å². The van der Waals surface area contributed by atoms with Gasteiger partial charge in [-0.2, -0.15) is 10.1 Å². The van der Waals surface area contributed by atoms with Gasteiger partial charge in [-0.15, -0.1) is 0 Å². The average Bonchev–Trinajstić information content (AvgIpc) is 3.05. The topological polar surface area (TPSA) is 79.0 Å². The summed E-state index contributed by atoms with van der Waals surface area (Å²) in [5.41, 5.74) is 2.05. The standard InChI is InChI=1S/C20H24N6O/c1-15-13-19(25-24-15)22-18-14-20(27-12-11-26(2)3)23-17(21-18)10-9-16-7-5-4-6-8-16/h4-10,13-14H,11-12H2,1-3H3,(H2,21,22,23,24,25)/b10-9+. The SMILES string of the molecule is Cc1cc(Nc2cc(OCCN(C)C)nc(/C=C/c3ccccc3)n2)n[nH]1. The normalized spacial score (nSPS) is 11.3. The van der Waals surface area contributed by atoms with E-state index in [1.54, 1.807) is 6.07 Å². The van der Waals surface area contributed by atoms with Crippen LogP contribution >= 0.6 is 0 Å². The number of anilines is 2. The van der Waals surface area contributed by atoms with Gasteiger partial charge in [-0.05, 0) is 32.7 Å². The third-order valence-electron chi connectivity index (χ3n) is 3.69. The monoisotopic (exact) mass is 364 g/mol. The van der Waals surface area contributed by atoms with E-state index in [2.05, 4.69) is 30.4 Å². The van der Waals surface area contributed by atoms with Crippen LogP contribution in [-0.2, 0) is 0 Å². The van der Waals surface area contributed by atoms with Crippen molar-refractivity contribution in [3.8, 4) is 5.88 Å². The van der Waals surface area contributed by atoms with E-state index in [0.29, 0.717) is 29.9 Å². The first kappa shape index (κ1) is 18.6. The highest BCUT2D eigenvalue weighted by molar-refractivity contribution is 5.67. The second-order valence-electron chi connectivity index (χ2n) is 6.41. The Labute approximate surface area is 159 Å². The molecule has 0 amide bonds. The molecule has 0 unspecified atom stereocenters. The Kier molecular flexibility index (Phi) is 6.17. The number of hydrogen-bond donors (Lipinski definition) is 2. The first-order valence-electron chi connectivity index (χ1n) is 8.77. The number of likely N-dealkylation sites (N-methyl/N-ethyl adjacent to an activating group) is 1. The van der Waals surface area contributed by atoms with Crippen molar-refractivity contribution in [2.24, 2.45) is 0 Å². The first-order chi connectivity index (χ1) is 13.1. The molecular formula is C20H24N6O. The second-order valence-corrected chi connectivity index (χ2v) is 6.41. The Balaban J connectivity index is 1.81. The number of aromatic amines is 1. The van der Waals surface area contributed by atoms with Gasteiger partial charge in [-0.25, -0.2) is 4.98 Å². The lowest BCUT2D eigenvalue weighted by Crippen LogP contribution is -2.19. The van der Waals surface area contributed by atoms with Crippen molar-refractivity contribution in [1.82, 2.24) is 25.1 Å².